The Morgan fingerprint density at radius 3 is 2.14 bits per heavy atom. The zero-order chi connectivity index (χ0) is 36.2. The van der Waals surface area contributed by atoms with Gasteiger partial charge < -0.3 is 29.1 Å². The molecule has 0 bridgehead atoms. The molecule has 272 valence electrons. The van der Waals surface area contributed by atoms with E-state index in [0.29, 0.717) is 87.6 Å². The van der Waals surface area contributed by atoms with Gasteiger partial charge >= 0.3 is 5.97 Å². The van der Waals surface area contributed by atoms with E-state index >= 15 is 0 Å². The van der Waals surface area contributed by atoms with E-state index < -0.39 is 22.8 Å². The van der Waals surface area contributed by atoms with Crippen molar-refractivity contribution in [1.29, 1.82) is 0 Å². The smallest absolute Gasteiger partial charge is 0.322 e. The van der Waals surface area contributed by atoms with Crippen molar-refractivity contribution in [2.45, 2.75) is 55.4 Å². The summed E-state index contributed by atoms with van der Waals surface area (Å²) in [5.41, 5.74) is 4.13. The number of aliphatic carboxylic acids is 1. The van der Waals surface area contributed by atoms with Gasteiger partial charge in [-0.15, -0.1) is 0 Å². The summed E-state index contributed by atoms with van der Waals surface area (Å²) in [6, 6.07) is 19.0. The topological polar surface area (TPSA) is 121 Å². The van der Waals surface area contributed by atoms with E-state index in [-0.39, 0.29) is 17.6 Å². The average molecular weight is 703 g/mol. The fourth-order valence-electron chi connectivity index (χ4n) is 8.15. The minimum absolute atomic E-state index is 0.155. The van der Waals surface area contributed by atoms with Gasteiger partial charge in [0.05, 0.1) is 26.7 Å². The number of hydrogen-bond acceptors (Lipinski definition) is 8. The standard InChI is InChI=1S/C39H47FN4O7/c1-49-32-24-27(25-33(50-2)34(32)51-3)35(45)43-23-16-38(26-43,28-11-13-30(40)14-12-28)15-20-42-21-17-39(18-22-42,29-8-5-4-6-9-29)37(48)41-44-19-7-10-31(44)36(46)47/h4-6,8-9,11-14,24-25,31H,7,10,15-23,26H2,1-3H3,(H,41,48)(H,46,47). The van der Waals surface area contributed by atoms with Gasteiger partial charge in [0.15, 0.2) is 11.5 Å². The molecule has 2 atom stereocenters. The normalized spacial score (nSPS) is 22.0. The van der Waals surface area contributed by atoms with E-state index in [1.54, 1.807) is 17.1 Å². The maximum absolute atomic E-state index is 14.1. The highest BCUT2D eigenvalue weighted by molar-refractivity contribution is 5.96. The quantitative estimate of drug-likeness (QED) is 0.278. The Hall–Kier alpha value is -4.68. The number of amides is 2. The molecular weight excluding hydrogens is 655 g/mol. The highest BCUT2D eigenvalue weighted by atomic mass is 19.1. The molecule has 2 unspecified atom stereocenters. The van der Waals surface area contributed by atoms with Crippen LogP contribution in [0.2, 0.25) is 0 Å². The molecule has 6 rings (SSSR count). The Morgan fingerprint density at radius 2 is 1.53 bits per heavy atom. The number of hydrazine groups is 1. The zero-order valence-electron chi connectivity index (χ0n) is 29.5. The number of carboxylic acids is 1. The number of methoxy groups -OCH3 is 3. The Balaban J connectivity index is 1.18. The Bertz CT molecular complexity index is 1690. The number of benzene rings is 3. The van der Waals surface area contributed by atoms with E-state index in [9.17, 15) is 23.9 Å². The van der Waals surface area contributed by atoms with Crippen LogP contribution in [0.3, 0.4) is 0 Å². The highest BCUT2D eigenvalue weighted by Crippen LogP contribution is 2.42. The Morgan fingerprint density at radius 1 is 0.863 bits per heavy atom. The van der Waals surface area contributed by atoms with Crippen LogP contribution in [0.4, 0.5) is 4.39 Å². The lowest BCUT2D eigenvalue weighted by molar-refractivity contribution is -0.145. The maximum atomic E-state index is 14.1. The molecule has 2 amide bonds. The van der Waals surface area contributed by atoms with Gasteiger partial charge in [-0.25, -0.2) is 9.40 Å². The second kappa shape index (κ2) is 15.3. The van der Waals surface area contributed by atoms with Crippen LogP contribution in [0.1, 0.15) is 60.0 Å². The van der Waals surface area contributed by atoms with Crippen molar-refractivity contribution < 1.29 is 38.1 Å². The van der Waals surface area contributed by atoms with Gasteiger partial charge in [-0.1, -0.05) is 42.5 Å². The van der Waals surface area contributed by atoms with Crippen LogP contribution in [0.15, 0.2) is 66.7 Å². The van der Waals surface area contributed by atoms with Crippen molar-refractivity contribution in [3.63, 3.8) is 0 Å². The van der Waals surface area contributed by atoms with Crippen molar-refractivity contribution >= 4 is 17.8 Å². The predicted octanol–water partition coefficient (Wildman–Crippen LogP) is 4.64. The van der Waals surface area contributed by atoms with Crippen molar-refractivity contribution in [2.24, 2.45) is 0 Å². The largest absolute Gasteiger partial charge is 0.493 e. The number of carboxylic acid groups (broad SMARTS) is 1. The summed E-state index contributed by atoms with van der Waals surface area (Å²) < 4.78 is 30.5. The molecule has 3 aromatic carbocycles. The first-order chi connectivity index (χ1) is 24.6. The van der Waals surface area contributed by atoms with Crippen LogP contribution in [0.25, 0.3) is 0 Å². The molecular formula is C39H47FN4O7. The SMILES string of the molecule is COc1cc(C(=O)N2CCC(CCN3CCC(C(=O)NN4CCCC4C(=O)O)(c4ccccc4)CC3)(c3ccc(F)cc3)C2)cc(OC)c1OC. The number of rotatable bonds is 12. The van der Waals surface area contributed by atoms with Crippen LogP contribution in [0, 0.1) is 5.82 Å². The molecule has 51 heavy (non-hydrogen) atoms. The molecule has 3 heterocycles. The first kappa shape index (κ1) is 36.1. The van der Waals surface area contributed by atoms with Crippen LogP contribution >= 0.6 is 0 Å². The van der Waals surface area contributed by atoms with Gasteiger partial charge in [-0.05, 0) is 93.6 Å². The third kappa shape index (κ3) is 7.25. The summed E-state index contributed by atoms with van der Waals surface area (Å²) in [6.07, 6.45) is 3.80. The predicted molar refractivity (Wildman–Crippen MR) is 189 cm³/mol. The van der Waals surface area contributed by atoms with E-state index in [2.05, 4.69) is 10.3 Å². The number of halogens is 1. The third-order valence-electron chi connectivity index (χ3n) is 11.2. The second-order valence-electron chi connectivity index (χ2n) is 13.8. The third-order valence-corrected chi connectivity index (χ3v) is 11.2. The monoisotopic (exact) mass is 702 g/mol. The second-order valence-corrected chi connectivity index (χ2v) is 13.8. The molecule has 0 aliphatic carbocycles. The number of piperidine rings is 1. The summed E-state index contributed by atoms with van der Waals surface area (Å²) in [6.45, 7) is 3.54. The number of nitrogens with one attached hydrogen (secondary N) is 1. The highest BCUT2D eigenvalue weighted by Gasteiger charge is 2.46. The van der Waals surface area contributed by atoms with Gasteiger partial charge in [0.1, 0.15) is 11.9 Å². The van der Waals surface area contributed by atoms with Crippen molar-refractivity contribution in [3.8, 4) is 17.2 Å². The summed E-state index contributed by atoms with van der Waals surface area (Å²) in [7, 11) is 4.55. The molecule has 3 aliphatic heterocycles. The lowest BCUT2D eigenvalue weighted by Gasteiger charge is -2.43. The van der Waals surface area contributed by atoms with Crippen LogP contribution < -0.4 is 19.6 Å². The number of ether oxygens (including phenoxy) is 3. The fraction of sp³-hybridized carbons (Fsp3) is 0.462. The van der Waals surface area contributed by atoms with Gasteiger partial charge in [-0.2, -0.15) is 0 Å². The van der Waals surface area contributed by atoms with E-state index in [4.69, 9.17) is 14.2 Å². The minimum Gasteiger partial charge on any atom is -0.493 e. The lowest BCUT2D eigenvalue weighted by atomic mass is 9.71. The molecule has 12 heteroatoms. The molecule has 3 saturated heterocycles. The maximum Gasteiger partial charge on any atom is 0.322 e. The molecule has 0 radical (unpaired) electrons. The van der Waals surface area contributed by atoms with Crippen molar-refractivity contribution in [2.75, 3.05) is 60.6 Å². The first-order valence-corrected chi connectivity index (χ1v) is 17.6. The molecule has 0 aromatic heterocycles. The average Bonchev–Trinajstić information content (AvgIpc) is 3.82. The summed E-state index contributed by atoms with van der Waals surface area (Å²) >= 11 is 0. The Labute approximate surface area is 298 Å². The first-order valence-electron chi connectivity index (χ1n) is 17.6. The van der Waals surface area contributed by atoms with Gasteiger partial charge in [0.25, 0.3) is 5.91 Å². The van der Waals surface area contributed by atoms with Gasteiger partial charge in [0.2, 0.25) is 11.7 Å². The number of nitrogens with zero attached hydrogens (tertiary/aromatic N) is 3. The number of carbonyl (C=O) groups excluding carboxylic acids is 2. The van der Waals surface area contributed by atoms with Gasteiger partial charge in [-0.3, -0.25) is 19.8 Å². The number of carbonyl (C=O) groups is 3. The molecule has 3 aromatic rings. The van der Waals surface area contributed by atoms with Crippen molar-refractivity contribution in [1.82, 2.24) is 20.2 Å². The molecule has 0 saturated carbocycles. The summed E-state index contributed by atoms with van der Waals surface area (Å²) in [4.78, 5) is 44.0. The Kier molecular flexibility index (Phi) is 10.8. The zero-order valence-corrected chi connectivity index (χ0v) is 29.5. The molecule has 2 N–H and O–H groups in total. The van der Waals surface area contributed by atoms with Crippen LogP contribution in [-0.4, -0.2) is 104 Å². The summed E-state index contributed by atoms with van der Waals surface area (Å²) in [5.74, 6) is -0.351. The van der Waals surface area contributed by atoms with Gasteiger partial charge in [0, 0.05) is 30.6 Å². The number of likely N-dealkylation sites (tertiary alicyclic amines) is 2. The molecule has 11 nitrogen and oxygen atoms in total. The van der Waals surface area contributed by atoms with E-state index in [0.717, 1.165) is 24.1 Å². The summed E-state index contributed by atoms with van der Waals surface area (Å²) in [5, 5.41) is 11.3. The number of hydrogen-bond donors (Lipinski definition) is 2. The fourth-order valence-corrected chi connectivity index (χ4v) is 8.15. The molecule has 3 aliphatic rings. The van der Waals surface area contributed by atoms with Crippen LogP contribution in [-0.2, 0) is 20.4 Å². The van der Waals surface area contributed by atoms with Crippen LogP contribution in [0.5, 0.6) is 17.2 Å². The molecule has 3 fully saturated rings. The lowest BCUT2D eigenvalue weighted by Crippen LogP contribution is -2.57. The van der Waals surface area contributed by atoms with E-state index in [1.165, 1.54) is 33.5 Å². The minimum atomic E-state index is -0.929. The van der Waals surface area contributed by atoms with E-state index in [1.807, 2.05) is 47.4 Å². The molecule has 0 spiro atoms. The van der Waals surface area contributed by atoms with Crippen molar-refractivity contribution in [3.05, 3.63) is 89.2 Å².